The maximum atomic E-state index is 12.3. The summed E-state index contributed by atoms with van der Waals surface area (Å²) in [6.45, 7) is -0.277. The van der Waals surface area contributed by atoms with E-state index in [2.05, 4.69) is 9.51 Å². The van der Waals surface area contributed by atoms with E-state index >= 15 is 0 Å². The van der Waals surface area contributed by atoms with Gasteiger partial charge in [0.05, 0.1) is 26.4 Å². The number of methoxy groups -OCH3 is 1. The Morgan fingerprint density at radius 2 is 1.78 bits per heavy atom. The molecule has 1 aromatic rings. The van der Waals surface area contributed by atoms with Crippen molar-refractivity contribution >= 4 is 15.4 Å². The number of ether oxygens (including phenoxy) is 3. The molecule has 1 aromatic heterocycles. The summed E-state index contributed by atoms with van der Waals surface area (Å²) in [5.41, 5.74) is -1.40. The molecule has 0 bridgehead atoms. The lowest BCUT2D eigenvalue weighted by Gasteiger charge is -2.25. The molecule has 3 atom stereocenters. The number of aromatic nitrogens is 2. The number of H-pyrrole nitrogens is 1. The van der Waals surface area contributed by atoms with Gasteiger partial charge in [-0.25, -0.2) is 9.36 Å². The highest BCUT2D eigenvalue weighted by Gasteiger charge is 2.25. The maximum absolute atomic E-state index is 12.3. The monoisotopic (exact) mass is 502 g/mol. The first-order valence-corrected chi connectivity index (χ1v) is 12.2. The van der Waals surface area contributed by atoms with Crippen molar-refractivity contribution in [2.24, 2.45) is 0 Å². The maximum Gasteiger partial charge on any atom is 0.472 e. The summed E-state index contributed by atoms with van der Waals surface area (Å²) in [5.74, 6) is 1.06. The lowest BCUT2D eigenvalue weighted by atomic mass is 10.3. The topological polar surface area (TPSA) is 174 Å². The van der Waals surface area contributed by atoms with Crippen molar-refractivity contribution in [2.75, 3.05) is 54.9 Å². The number of hydrogen-bond acceptors (Lipinski definition) is 11. The highest BCUT2D eigenvalue weighted by Crippen LogP contribution is 2.48. The van der Waals surface area contributed by atoms with Crippen molar-refractivity contribution in [1.29, 1.82) is 0 Å². The Labute approximate surface area is 184 Å². The van der Waals surface area contributed by atoms with Crippen LogP contribution in [0.15, 0.2) is 33.7 Å². The third-order valence-corrected chi connectivity index (χ3v) is 6.30. The molecular formula is C16H28N2O12P2. The average Bonchev–Trinajstić information content (AvgIpc) is 2.77. The second kappa shape index (κ2) is 14.0. The van der Waals surface area contributed by atoms with Gasteiger partial charge in [-0.05, 0) is 6.08 Å². The number of phosphoric acid groups is 1. The van der Waals surface area contributed by atoms with E-state index in [1.54, 1.807) is 0 Å². The predicted molar refractivity (Wildman–Crippen MR) is 111 cm³/mol. The zero-order chi connectivity index (χ0) is 24.2. The molecule has 0 aliphatic carbocycles. The number of nitrogens with zero attached hydrogens (tertiary/aromatic N) is 1. The number of aromatic amines is 1. The van der Waals surface area contributed by atoms with Crippen LogP contribution in [0.1, 0.15) is 6.23 Å². The van der Waals surface area contributed by atoms with Crippen molar-refractivity contribution < 1.29 is 46.3 Å². The van der Waals surface area contributed by atoms with E-state index < -0.39 is 45.6 Å². The highest BCUT2D eigenvalue weighted by atomic mass is 31.2. The second-order valence-electron chi connectivity index (χ2n) is 5.91. The molecule has 32 heavy (non-hydrogen) atoms. The van der Waals surface area contributed by atoms with Crippen LogP contribution in [0, 0.1) is 0 Å². The summed E-state index contributed by atoms with van der Waals surface area (Å²) in [4.78, 5) is 35.2. The molecule has 184 valence electrons. The standard InChI is InChI=1S/C16H28N2O12P2/c1-24-8-9-28-12-15(18-7-5-14(19)17-16(18)20)30-13(11-29-32(22,23)27-4)6-10-31(21,25-2)26-3/h5-7,10,13,15H,8-9,11-12H2,1-4H3,(H,22,23)(H,17,19,20)/b10-6+/t13?,15-/m1/s1. The van der Waals surface area contributed by atoms with Gasteiger partial charge in [0.2, 0.25) is 0 Å². The van der Waals surface area contributed by atoms with Crippen molar-refractivity contribution in [1.82, 2.24) is 9.55 Å². The summed E-state index contributed by atoms with van der Waals surface area (Å²) in [6, 6.07) is 1.10. The zero-order valence-corrected chi connectivity index (χ0v) is 19.9. The van der Waals surface area contributed by atoms with E-state index in [1.165, 1.54) is 33.6 Å². The fraction of sp³-hybridized carbons (Fsp3) is 0.625. The van der Waals surface area contributed by atoms with E-state index in [-0.39, 0.29) is 19.8 Å². The van der Waals surface area contributed by atoms with Gasteiger partial charge in [0, 0.05) is 46.5 Å². The molecule has 14 nitrogen and oxygen atoms in total. The molecule has 16 heteroatoms. The average molecular weight is 502 g/mol. The van der Waals surface area contributed by atoms with Crippen LogP contribution < -0.4 is 11.2 Å². The summed E-state index contributed by atoms with van der Waals surface area (Å²) in [7, 11) is -3.20. The molecule has 1 heterocycles. The molecule has 0 saturated carbocycles. The van der Waals surface area contributed by atoms with Gasteiger partial charge in [-0.2, -0.15) is 0 Å². The first-order chi connectivity index (χ1) is 15.1. The van der Waals surface area contributed by atoms with Gasteiger partial charge in [0.1, 0.15) is 6.10 Å². The van der Waals surface area contributed by atoms with Gasteiger partial charge >= 0.3 is 21.1 Å². The molecule has 0 spiro atoms. The number of rotatable bonds is 16. The first kappa shape index (κ1) is 28.6. The Morgan fingerprint density at radius 1 is 1.09 bits per heavy atom. The SMILES string of the molecule is COCCOC[C@@H](OC(/C=C/P(=O)(OC)OC)COP(=O)(O)OC)n1ccc(=O)[nH]c1=O. The largest absolute Gasteiger partial charge is 0.472 e. The molecule has 2 N–H and O–H groups in total. The summed E-state index contributed by atoms with van der Waals surface area (Å²) in [5, 5.41) is 0. The van der Waals surface area contributed by atoms with E-state index in [1.807, 2.05) is 0 Å². The Kier molecular flexibility index (Phi) is 12.5. The molecule has 2 unspecified atom stereocenters. The number of phosphoric ester groups is 1. The Morgan fingerprint density at radius 3 is 2.34 bits per heavy atom. The normalized spacial score (nSPS) is 16.2. The van der Waals surface area contributed by atoms with Crippen molar-refractivity contribution in [3.8, 4) is 0 Å². The van der Waals surface area contributed by atoms with Crippen LogP contribution in [0.25, 0.3) is 0 Å². The van der Waals surface area contributed by atoms with Crippen molar-refractivity contribution in [2.45, 2.75) is 12.3 Å². The molecule has 0 aliphatic heterocycles. The molecular weight excluding hydrogens is 474 g/mol. The van der Waals surface area contributed by atoms with Gasteiger partial charge in [-0.15, -0.1) is 0 Å². The molecule has 0 radical (unpaired) electrons. The van der Waals surface area contributed by atoms with Crippen LogP contribution in [-0.4, -0.2) is 75.4 Å². The molecule has 1 rings (SSSR count). The molecule has 0 amide bonds. The first-order valence-electron chi connectivity index (χ1n) is 9.07. The zero-order valence-electron chi connectivity index (χ0n) is 18.1. The van der Waals surface area contributed by atoms with Gasteiger partial charge < -0.3 is 28.2 Å². The summed E-state index contributed by atoms with van der Waals surface area (Å²) < 4.78 is 60.0. The van der Waals surface area contributed by atoms with Crippen molar-refractivity contribution in [3.05, 3.63) is 45.0 Å². The Hall–Kier alpha value is -1.44. The smallest absolute Gasteiger partial charge is 0.382 e. The van der Waals surface area contributed by atoms with E-state index in [0.29, 0.717) is 0 Å². The van der Waals surface area contributed by atoms with Crippen LogP contribution in [0.5, 0.6) is 0 Å². The molecule has 0 aromatic carbocycles. The third kappa shape index (κ3) is 10.0. The van der Waals surface area contributed by atoms with Gasteiger partial charge in [-0.1, -0.05) is 0 Å². The minimum atomic E-state index is -4.38. The number of hydrogen-bond donors (Lipinski definition) is 2. The van der Waals surface area contributed by atoms with Gasteiger partial charge in [-0.3, -0.25) is 28.0 Å². The lowest BCUT2D eigenvalue weighted by Crippen LogP contribution is -2.36. The quantitative estimate of drug-likeness (QED) is 0.241. The summed E-state index contributed by atoms with van der Waals surface area (Å²) >= 11 is 0. The van der Waals surface area contributed by atoms with Crippen LogP contribution in [0.3, 0.4) is 0 Å². The second-order valence-corrected chi connectivity index (χ2v) is 9.58. The minimum Gasteiger partial charge on any atom is -0.382 e. The summed E-state index contributed by atoms with van der Waals surface area (Å²) in [6.07, 6.45) is 0.121. The van der Waals surface area contributed by atoms with E-state index in [0.717, 1.165) is 23.6 Å². The predicted octanol–water partition coefficient (Wildman–Crippen LogP) is 0.846. The van der Waals surface area contributed by atoms with Crippen LogP contribution >= 0.6 is 15.4 Å². The van der Waals surface area contributed by atoms with Gasteiger partial charge in [0.15, 0.2) is 6.23 Å². The van der Waals surface area contributed by atoms with Gasteiger partial charge in [0.25, 0.3) is 5.56 Å². The fourth-order valence-electron chi connectivity index (χ4n) is 2.13. The Balaban J connectivity index is 3.20. The molecule has 0 saturated heterocycles. The fourth-order valence-corrected chi connectivity index (χ4v) is 3.36. The molecule has 0 aliphatic rings. The van der Waals surface area contributed by atoms with Crippen molar-refractivity contribution in [3.63, 3.8) is 0 Å². The van der Waals surface area contributed by atoms with Crippen LogP contribution in [0.2, 0.25) is 0 Å². The number of nitrogens with one attached hydrogen (secondary N) is 1. The third-order valence-electron chi connectivity index (χ3n) is 3.81. The highest BCUT2D eigenvalue weighted by molar-refractivity contribution is 7.57. The van der Waals surface area contributed by atoms with Crippen LogP contribution in [-0.2, 0) is 41.4 Å². The Bertz CT molecular complexity index is 922. The van der Waals surface area contributed by atoms with E-state index in [4.69, 9.17) is 27.8 Å². The minimum absolute atomic E-state index is 0.170. The van der Waals surface area contributed by atoms with Crippen LogP contribution in [0.4, 0.5) is 0 Å². The lowest BCUT2D eigenvalue weighted by molar-refractivity contribution is -0.0978. The van der Waals surface area contributed by atoms with E-state index in [9.17, 15) is 23.6 Å². The molecule has 0 fully saturated rings.